The van der Waals surface area contributed by atoms with Gasteiger partial charge in [-0.1, -0.05) is 0 Å². The number of Topliss-reactive ketones (excluding diaryl/α,β-unsaturated/α-hetero) is 1. The monoisotopic (exact) mass is 280 g/mol. The number of carbonyl (C=O) groups excluding carboxylic acids is 2. The number of carbonyl (C=O) groups is 2. The molecule has 7 heteroatoms. The molecule has 1 heterocycles. The summed E-state index contributed by atoms with van der Waals surface area (Å²) in [6.45, 7) is 2.92. The topological polar surface area (TPSA) is 40.6 Å². The second-order valence-electron chi connectivity index (χ2n) is 5.07. The summed E-state index contributed by atoms with van der Waals surface area (Å²) in [6.07, 6.45) is -4.30. The van der Waals surface area contributed by atoms with Crippen LogP contribution in [0, 0.1) is 0 Å². The van der Waals surface area contributed by atoms with Crippen molar-refractivity contribution < 1.29 is 22.8 Å². The highest BCUT2D eigenvalue weighted by Gasteiger charge is 2.47. The number of nitrogens with zero attached hydrogens (tertiary/aromatic N) is 2. The van der Waals surface area contributed by atoms with Gasteiger partial charge in [-0.2, -0.15) is 13.2 Å². The number of rotatable bonds is 3. The normalized spacial score (nSPS) is 25.5. The molecule has 1 fully saturated rings. The molecule has 0 aromatic rings. The first-order valence-corrected chi connectivity index (χ1v) is 6.18. The molecule has 0 aromatic carbocycles. The third-order valence-corrected chi connectivity index (χ3v) is 3.49. The number of alkyl halides is 3. The minimum atomic E-state index is -4.36. The van der Waals surface area contributed by atoms with Crippen LogP contribution in [0.1, 0.15) is 26.7 Å². The second kappa shape index (κ2) is 5.90. The van der Waals surface area contributed by atoms with Crippen LogP contribution in [-0.4, -0.2) is 59.9 Å². The highest BCUT2D eigenvalue weighted by atomic mass is 19.4. The average Bonchev–Trinajstić information content (AvgIpc) is 2.27. The Balaban J connectivity index is 2.71. The molecule has 4 nitrogen and oxygen atoms in total. The van der Waals surface area contributed by atoms with E-state index in [0.29, 0.717) is 0 Å². The first kappa shape index (κ1) is 15.9. The molecule has 0 N–H and O–H groups in total. The predicted molar refractivity (Wildman–Crippen MR) is 63.6 cm³/mol. The molecule has 2 atom stereocenters. The number of piperazine rings is 1. The van der Waals surface area contributed by atoms with E-state index in [1.165, 1.54) is 23.8 Å². The lowest BCUT2D eigenvalue weighted by Crippen LogP contribution is -2.62. The minimum absolute atomic E-state index is 0.0175. The molecule has 1 aliphatic heterocycles. The van der Waals surface area contributed by atoms with Crippen LogP contribution in [0.15, 0.2) is 0 Å². The SMILES string of the molecule is CC(=O)CCC(=O)N1CC(C)N(C)C(C(F)(F)F)C1. The van der Waals surface area contributed by atoms with Crippen LogP contribution in [0.5, 0.6) is 0 Å². The zero-order valence-corrected chi connectivity index (χ0v) is 11.3. The summed E-state index contributed by atoms with van der Waals surface area (Å²) in [6, 6.07) is -2.00. The van der Waals surface area contributed by atoms with E-state index in [9.17, 15) is 22.8 Å². The van der Waals surface area contributed by atoms with E-state index in [-0.39, 0.29) is 43.7 Å². The summed E-state index contributed by atoms with van der Waals surface area (Å²) in [5, 5.41) is 0. The molecule has 0 radical (unpaired) electrons. The van der Waals surface area contributed by atoms with E-state index in [1.807, 2.05) is 0 Å². The van der Waals surface area contributed by atoms with Gasteiger partial charge in [-0.05, 0) is 20.9 Å². The van der Waals surface area contributed by atoms with Crippen molar-refractivity contribution in [3.8, 4) is 0 Å². The van der Waals surface area contributed by atoms with Gasteiger partial charge in [0.25, 0.3) is 0 Å². The van der Waals surface area contributed by atoms with Gasteiger partial charge >= 0.3 is 6.18 Å². The molecule has 0 aromatic heterocycles. The van der Waals surface area contributed by atoms with E-state index >= 15 is 0 Å². The highest BCUT2D eigenvalue weighted by Crippen LogP contribution is 2.29. The molecule has 0 saturated carbocycles. The maximum absolute atomic E-state index is 12.9. The van der Waals surface area contributed by atoms with Crippen molar-refractivity contribution in [3.63, 3.8) is 0 Å². The summed E-state index contributed by atoms with van der Waals surface area (Å²) in [4.78, 5) is 25.1. The molecule has 0 spiro atoms. The molecular weight excluding hydrogens is 261 g/mol. The zero-order valence-electron chi connectivity index (χ0n) is 11.3. The fourth-order valence-electron chi connectivity index (χ4n) is 2.15. The van der Waals surface area contributed by atoms with Gasteiger partial charge in [-0.25, -0.2) is 0 Å². The van der Waals surface area contributed by atoms with Crippen LogP contribution in [0.3, 0.4) is 0 Å². The lowest BCUT2D eigenvalue weighted by Gasteiger charge is -2.44. The molecule has 1 rings (SSSR count). The van der Waals surface area contributed by atoms with E-state index in [0.717, 1.165) is 0 Å². The molecule has 1 amide bonds. The Hall–Kier alpha value is -1.11. The van der Waals surface area contributed by atoms with Crippen molar-refractivity contribution >= 4 is 11.7 Å². The largest absolute Gasteiger partial charge is 0.405 e. The Labute approximate surface area is 110 Å². The predicted octanol–water partition coefficient (Wildman–Crippen LogP) is 1.45. The summed E-state index contributed by atoms with van der Waals surface area (Å²) in [5.41, 5.74) is 0. The number of halogens is 3. The lowest BCUT2D eigenvalue weighted by atomic mass is 10.1. The molecule has 2 unspecified atom stereocenters. The van der Waals surface area contributed by atoms with E-state index in [2.05, 4.69) is 0 Å². The third kappa shape index (κ3) is 4.19. The number of hydrogen-bond donors (Lipinski definition) is 0. The number of hydrogen-bond acceptors (Lipinski definition) is 3. The molecule has 0 bridgehead atoms. The second-order valence-corrected chi connectivity index (χ2v) is 5.07. The fourth-order valence-corrected chi connectivity index (χ4v) is 2.15. The minimum Gasteiger partial charge on any atom is -0.339 e. The Morgan fingerprint density at radius 3 is 2.26 bits per heavy atom. The van der Waals surface area contributed by atoms with Crippen LogP contribution in [-0.2, 0) is 9.59 Å². The molecule has 0 aliphatic carbocycles. The summed E-state index contributed by atoms with van der Waals surface area (Å²) < 4.78 is 38.6. The van der Waals surface area contributed by atoms with Crippen LogP contribution < -0.4 is 0 Å². The zero-order chi connectivity index (χ0) is 14.8. The van der Waals surface area contributed by atoms with Crippen molar-refractivity contribution in [1.29, 1.82) is 0 Å². The average molecular weight is 280 g/mol. The summed E-state index contributed by atoms with van der Waals surface area (Å²) in [5.74, 6) is -0.521. The first-order chi connectivity index (χ1) is 8.62. The van der Waals surface area contributed by atoms with Gasteiger partial charge in [-0.15, -0.1) is 0 Å². The molecule has 110 valence electrons. The maximum Gasteiger partial charge on any atom is 0.405 e. The summed E-state index contributed by atoms with van der Waals surface area (Å²) >= 11 is 0. The highest BCUT2D eigenvalue weighted by molar-refractivity contribution is 5.83. The standard InChI is InChI=1S/C12H19F3N2O2/c1-8-6-17(11(19)5-4-9(2)18)7-10(16(8)3)12(13,14)15/h8,10H,4-7H2,1-3H3. The quantitative estimate of drug-likeness (QED) is 0.785. The Bertz CT molecular complexity index is 357. The van der Waals surface area contributed by atoms with Gasteiger partial charge in [0.15, 0.2) is 0 Å². The number of ketones is 1. The molecular formula is C12H19F3N2O2. The number of amides is 1. The van der Waals surface area contributed by atoms with Crippen LogP contribution in [0.2, 0.25) is 0 Å². The van der Waals surface area contributed by atoms with Gasteiger partial charge in [-0.3, -0.25) is 9.69 Å². The molecule has 1 saturated heterocycles. The van der Waals surface area contributed by atoms with Crippen LogP contribution in [0.25, 0.3) is 0 Å². The van der Waals surface area contributed by atoms with Crippen molar-refractivity contribution in [2.24, 2.45) is 0 Å². The van der Waals surface area contributed by atoms with Gasteiger partial charge in [0.1, 0.15) is 11.8 Å². The maximum atomic E-state index is 12.9. The Morgan fingerprint density at radius 2 is 1.79 bits per heavy atom. The van der Waals surface area contributed by atoms with Crippen molar-refractivity contribution in [3.05, 3.63) is 0 Å². The Kier molecular flexibility index (Phi) is 4.95. The third-order valence-electron chi connectivity index (χ3n) is 3.49. The first-order valence-electron chi connectivity index (χ1n) is 6.18. The van der Waals surface area contributed by atoms with Crippen LogP contribution >= 0.6 is 0 Å². The van der Waals surface area contributed by atoms with Crippen molar-refractivity contribution in [2.45, 2.75) is 44.9 Å². The van der Waals surface area contributed by atoms with E-state index < -0.39 is 12.2 Å². The fraction of sp³-hybridized carbons (Fsp3) is 0.833. The van der Waals surface area contributed by atoms with E-state index in [4.69, 9.17) is 0 Å². The van der Waals surface area contributed by atoms with Gasteiger partial charge in [0.05, 0.1) is 0 Å². The molecule has 1 aliphatic rings. The van der Waals surface area contributed by atoms with Crippen molar-refractivity contribution in [2.75, 3.05) is 20.1 Å². The van der Waals surface area contributed by atoms with Gasteiger partial charge < -0.3 is 9.69 Å². The Morgan fingerprint density at radius 1 is 1.21 bits per heavy atom. The van der Waals surface area contributed by atoms with Gasteiger partial charge in [0.2, 0.25) is 5.91 Å². The van der Waals surface area contributed by atoms with E-state index in [1.54, 1.807) is 6.92 Å². The summed E-state index contributed by atoms with van der Waals surface area (Å²) in [7, 11) is 1.42. The molecule has 19 heavy (non-hydrogen) atoms. The van der Waals surface area contributed by atoms with Crippen LogP contribution in [0.4, 0.5) is 13.2 Å². The van der Waals surface area contributed by atoms with Gasteiger partial charge in [0, 0.05) is 32.0 Å². The van der Waals surface area contributed by atoms with Crippen molar-refractivity contribution in [1.82, 2.24) is 9.80 Å². The smallest absolute Gasteiger partial charge is 0.339 e. The number of likely N-dealkylation sites (N-methyl/N-ethyl adjacent to an activating group) is 1. The lowest BCUT2D eigenvalue weighted by molar-refractivity contribution is -0.201.